The molecule has 8 heteroatoms. The molecule has 174 valence electrons. The number of hydrogen-bond donors (Lipinski definition) is 0. The van der Waals surface area contributed by atoms with Crippen LogP contribution in [0.4, 0.5) is 0 Å². The van der Waals surface area contributed by atoms with Gasteiger partial charge in [0.15, 0.2) is 0 Å². The van der Waals surface area contributed by atoms with Gasteiger partial charge < -0.3 is 26.6 Å². The lowest BCUT2D eigenvalue weighted by molar-refractivity contribution is 0.0603. The van der Waals surface area contributed by atoms with Crippen LogP contribution in [0.15, 0.2) is 24.3 Å². The van der Waals surface area contributed by atoms with E-state index in [9.17, 15) is 0 Å². The van der Waals surface area contributed by atoms with Crippen LogP contribution in [0.3, 0.4) is 0 Å². The lowest BCUT2D eigenvalue weighted by atomic mass is 10.0. The maximum Gasteiger partial charge on any atom is 0.508 e. The molecule has 30 heavy (non-hydrogen) atoms. The van der Waals surface area contributed by atoms with Gasteiger partial charge in [0.25, 0.3) is 0 Å². The topological polar surface area (TPSA) is 55.4 Å². The van der Waals surface area contributed by atoms with E-state index in [-0.39, 0.29) is 11.1 Å². The molecule has 0 saturated carbocycles. The number of rotatable bonds is 16. The second-order valence-electron chi connectivity index (χ2n) is 6.88. The molecule has 2 atom stereocenters. The summed E-state index contributed by atoms with van der Waals surface area (Å²) in [5, 5.41) is 0. The Bertz CT molecular complexity index is 516. The molecule has 0 aliphatic rings. The van der Waals surface area contributed by atoms with Gasteiger partial charge in [0.1, 0.15) is 0 Å². The Morgan fingerprint density at radius 2 is 0.767 bits per heavy atom. The molecule has 0 saturated heterocycles. The third kappa shape index (κ3) is 6.46. The second-order valence-corrected chi connectivity index (χ2v) is 12.8. The molecule has 1 aromatic carbocycles. The van der Waals surface area contributed by atoms with Gasteiger partial charge in [0, 0.05) is 39.6 Å². The van der Waals surface area contributed by atoms with Gasteiger partial charge in [-0.05, 0) is 52.7 Å². The maximum atomic E-state index is 6.20. The van der Waals surface area contributed by atoms with E-state index in [2.05, 4.69) is 38.1 Å². The molecule has 0 aromatic heterocycles. The van der Waals surface area contributed by atoms with Gasteiger partial charge in [-0.25, -0.2) is 0 Å². The van der Waals surface area contributed by atoms with Crippen molar-refractivity contribution >= 4 is 17.6 Å². The maximum absolute atomic E-state index is 6.20. The normalized spacial score (nSPS) is 14.7. The summed E-state index contributed by atoms with van der Waals surface area (Å²) in [6.07, 6.45) is 0. The molecule has 6 nitrogen and oxygen atoms in total. The van der Waals surface area contributed by atoms with E-state index >= 15 is 0 Å². The molecular formula is C22H42O6Si2. The van der Waals surface area contributed by atoms with Crippen molar-refractivity contribution in [2.45, 2.75) is 66.5 Å². The highest BCUT2D eigenvalue weighted by Crippen LogP contribution is 2.38. The summed E-state index contributed by atoms with van der Waals surface area (Å²) in [6.45, 7) is 19.5. The van der Waals surface area contributed by atoms with Crippen molar-refractivity contribution in [3.05, 3.63) is 35.4 Å². The summed E-state index contributed by atoms with van der Waals surface area (Å²) in [6, 6.07) is 8.38. The largest absolute Gasteiger partial charge is 0.508 e. The highest BCUT2D eigenvalue weighted by Gasteiger charge is 2.52. The Labute approximate surface area is 185 Å². The van der Waals surface area contributed by atoms with Crippen LogP contribution < -0.4 is 0 Å². The zero-order valence-electron chi connectivity index (χ0n) is 20.2. The summed E-state index contributed by atoms with van der Waals surface area (Å²) < 4.78 is 37.2. The van der Waals surface area contributed by atoms with Crippen LogP contribution in [0, 0.1) is 0 Å². The first kappa shape index (κ1) is 27.4. The summed E-state index contributed by atoms with van der Waals surface area (Å²) in [5.41, 5.74) is 2.21. The summed E-state index contributed by atoms with van der Waals surface area (Å²) in [4.78, 5) is 0. The summed E-state index contributed by atoms with van der Waals surface area (Å²) in [5.74, 6) is 0. The lowest BCUT2D eigenvalue weighted by Gasteiger charge is -2.37. The van der Waals surface area contributed by atoms with Crippen LogP contribution in [-0.4, -0.2) is 57.3 Å². The third-order valence-electron chi connectivity index (χ3n) is 5.06. The first-order valence-electron chi connectivity index (χ1n) is 11.3. The van der Waals surface area contributed by atoms with E-state index in [1.54, 1.807) is 0 Å². The molecular weight excluding hydrogens is 416 g/mol. The monoisotopic (exact) mass is 458 g/mol. The number of benzene rings is 1. The van der Waals surface area contributed by atoms with Crippen LogP contribution in [-0.2, 0) is 26.6 Å². The van der Waals surface area contributed by atoms with E-state index in [0.29, 0.717) is 39.6 Å². The Balaban J connectivity index is 3.51. The Hall–Kier alpha value is -0.586. The van der Waals surface area contributed by atoms with Crippen LogP contribution in [0.1, 0.15) is 77.6 Å². The van der Waals surface area contributed by atoms with Crippen molar-refractivity contribution in [3.8, 4) is 0 Å². The molecule has 0 aliphatic heterocycles. The fourth-order valence-electron chi connectivity index (χ4n) is 3.89. The van der Waals surface area contributed by atoms with E-state index in [0.717, 1.165) is 11.1 Å². The predicted molar refractivity (Wildman–Crippen MR) is 125 cm³/mol. The zero-order valence-corrected chi connectivity index (χ0v) is 22.2. The van der Waals surface area contributed by atoms with E-state index < -0.39 is 17.6 Å². The Kier molecular flexibility index (Phi) is 12.6. The SMILES string of the molecule is CCO[Si](OCC)(OCC)C(C)c1ccccc1C(C)[Si](OCC)(OCC)OCC. The standard InChI is InChI=1S/C22H42O6Si2/c1-9-23-29(24-10-2,25-11-3)19(7)21-17-15-16-18-22(21)20(8)30(26-12-4,27-13-5)28-14-6/h15-20H,9-14H2,1-8H3. The quantitative estimate of drug-likeness (QED) is 0.322. The molecule has 1 rings (SSSR count). The van der Waals surface area contributed by atoms with Crippen molar-refractivity contribution in [3.63, 3.8) is 0 Å². The molecule has 1 aromatic rings. The lowest BCUT2D eigenvalue weighted by Crippen LogP contribution is -2.53. The average molecular weight is 459 g/mol. The summed E-state index contributed by atoms with van der Waals surface area (Å²) in [7, 11) is -5.88. The fourth-order valence-corrected chi connectivity index (χ4v) is 9.59. The van der Waals surface area contributed by atoms with Gasteiger partial charge in [0.2, 0.25) is 0 Å². The summed E-state index contributed by atoms with van der Waals surface area (Å²) >= 11 is 0. The fraction of sp³-hybridized carbons (Fsp3) is 0.727. The van der Waals surface area contributed by atoms with Crippen LogP contribution in [0.2, 0.25) is 0 Å². The highest BCUT2D eigenvalue weighted by molar-refractivity contribution is 6.63. The van der Waals surface area contributed by atoms with Crippen molar-refractivity contribution in [1.29, 1.82) is 0 Å². The molecule has 0 amide bonds. The minimum atomic E-state index is -2.94. The van der Waals surface area contributed by atoms with Gasteiger partial charge in [-0.15, -0.1) is 0 Å². The van der Waals surface area contributed by atoms with Crippen molar-refractivity contribution in [1.82, 2.24) is 0 Å². The molecule has 0 aliphatic carbocycles. The first-order valence-corrected chi connectivity index (χ1v) is 14.9. The van der Waals surface area contributed by atoms with Crippen LogP contribution in [0.25, 0.3) is 0 Å². The molecule has 0 radical (unpaired) electrons. The smallest absolute Gasteiger partial charge is 0.373 e. The zero-order chi connectivity index (χ0) is 22.6. The molecule has 0 bridgehead atoms. The van der Waals surface area contributed by atoms with Gasteiger partial charge in [-0.1, -0.05) is 38.1 Å². The minimum Gasteiger partial charge on any atom is -0.373 e. The molecule has 0 spiro atoms. The average Bonchev–Trinajstić information content (AvgIpc) is 2.73. The van der Waals surface area contributed by atoms with Crippen molar-refractivity contribution < 1.29 is 26.6 Å². The minimum absolute atomic E-state index is 0.0346. The number of hydrogen-bond acceptors (Lipinski definition) is 6. The Morgan fingerprint density at radius 3 is 0.967 bits per heavy atom. The molecule has 2 unspecified atom stereocenters. The van der Waals surface area contributed by atoms with Gasteiger partial charge in [0.05, 0.1) is 11.1 Å². The van der Waals surface area contributed by atoms with Gasteiger partial charge in [-0.2, -0.15) is 0 Å². The molecule has 0 N–H and O–H groups in total. The van der Waals surface area contributed by atoms with E-state index in [1.807, 2.05) is 41.5 Å². The molecule has 0 fully saturated rings. The van der Waals surface area contributed by atoms with Gasteiger partial charge in [-0.3, -0.25) is 0 Å². The van der Waals surface area contributed by atoms with E-state index in [4.69, 9.17) is 26.6 Å². The van der Waals surface area contributed by atoms with Crippen molar-refractivity contribution in [2.75, 3.05) is 39.6 Å². The second kappa shape index (κ2) is 13.7. The van der Waals surface area contributed by atoms with Crippen molar-refractivity contribution in [2.24, 2.45) is 0 Å². The predicted octanol–water partition coefficient (Wildman–Crippen LogP) is 5.07. The van der Waals surface area contributed by atoms with E-state index in [1.165, 1.54) is 0 Å². The first-order chi connectivity index (χ1) is 14.4. The van der Waals surface area contributed by atoms with Crippen LogP contribution >= 0.6 is 0 Å². The van der Waals surface area contributed by atoms with Gasteiger partial charge >= 0.3 is 17.6 Å². The van der Waals surface area contributed by atoms with Crippen LogP contribution in [0.5, 0.6) is 0 Å². The third-order valence-corrected chi connectivity index (χ3v) is 12.0. The Morgan fingerprint density at radius 1 is 0.533 bits per heavy atom. The molecule has 0 heterocycles. The highest BCUT2D eigenvalue weighted by atomic mass is 28.4.